The fourth-order valence-corrected chi connectivity index (χ4v) is 11.4. The average Bonchev–Trinajstić information content (AvgIpc) is 3.56. The molecule has 52 heavy (non-hydrogen) atoms. The minimum absolute atomic E-state index is 0.465. The molecule has 0 fully saturated rings. The minimum Gasteiger partial charge on any atom is -0.309 e. The number of fused-ring (bicyclic) bond motifs is 11. The monoisotopic (exact) mass is 697 g/mol. The van der Waals surface area contributed by atoms with Crippen LogP contribution in [0.25, 0.3) is 49.7 Å². The quantitative estimate of drug-likeness (QED) is 0.181. The molecule has 1 atom stereocenters. The Morgan fingerprint density at radius 3 is 1.79 bits per heavy atom. The van der Waals surface area contributed by atoms with Gasteiger partial charge >= 0.3 is 0 Å². The molecule has 0 amide bonds. The van der Waals surface area contributed by atoms with E-state index >= 15 is 0 Å². The highest BCUT2D eigenvalue weighted by atomic mass is 32.2. The van der Waals surface area contributed by atoms with Crippen molar-refractivity contribution < 1.29 is 0 Å². The Kier molecular flexibility index (Phi) is 6.70. The fraction of sp³-hybridized carbons (Fsp3) is 0.0204. The van der Waals surface area contributed by atoms with Crippen molar-refractivity contribution in [2.45, 2.75) is 25.0 Å². The largest absolute Gasteiger partial charge is 0.309 e. The maximum atomic E-state index is 2.46. The van der Waals surface area contributed by atoms with Gasteiger partial charge in [-0.3, -0.25) is 0 Å². The molecule has 1 spiro atoms. The lowest BCUT2D eigenvalue weighted by atomic mass is 9.64. The topological polar surface area (TPSA) is 4.93 Å². The van der Waals surface area contributed by atoms with Crippen LogP contribution in [0, 0.1) is 0 Å². The van der Waals surface area contributed by atoms with Crippen LogP contribution in [0.5, 0.6) is 0 Å². The van der Waals surface area contributed by atoms with Crippen molar-refractivity contribution in [1.82, 2.24) is 4.57 Å². The van der Waals surface area contributed by atoms with E-state index in [9.17, 15) is 0 Å². The summed E-state index contributed by atoms with van der Waals surface area (Å²) in [5, 5.41) is 2.56. The molecule has 2 aliphatic rings. The van der Waals surface area contributed by atoms with Crippen LogP contribution in [0.2, 0.25) is 0 Å². The van der Waals surface area contributed by atoms with E-state index < -0.39 is 5.41 Å². The number of benzene rings is 8. The molecule has 0 bridgehead atoms. The van der Waals surface area contributed by atoms with E-state index in [1.54, 1.807) is 0 Å². The smallest absolute Gasteiger partial charge is 0.0745 e. The molecule has 0 saturated carbocycles. The van der Waals surface area contributed by atoms with Gasteiger partial charge < -0.3 is 4.57 Å². The molecule has 1 nitrogen and oxygen atoms in total. The number of hydrogen-bond acceptors (Lipinski definition) is 2. The Morgan fingerprint density at radius 2 is 0.981 bits per heavy atom. The summed E-state index contributed by atoms with van der Waals surface area (Å²) in [5.41, 5.74) is 13.6. The van der Waals surface area contributed by atoms with Crippen molar-refractivity contribution in [3.05, 3.63) is 210 Å². The van der Waals surface area contributed by atoms with Gasteiger partial charge in [0.2, 0.25) is 0 Å². The molecule has 11 rings (SSSR count). The van der Waals surface area contributed by atoms with E-state index in [1.165, 1.54) is 91.6 Å². The molecule has 1 aromatic heterocycles. The first-order chi connectivity index (χ1) is 25.8. The third-order valence-corrected chi connectivity index (χ3v) is 13.3. The third-order valence-electron chi connectivity index (χ3n) is 10.9. The lowest BCUT2D eigenvalue weighted by molar-refractivity contribution is 0.668. The molecule has 1 unspecified atom stereocenters. The minimum atomic E-state index is -0.465. The molecule has 0 N–H and O–H groups in total. The van der Waals surface area contributed by atoms with Crippen molar-refractivity contribution in [2.24, 2.45) is 0 Å². The van der Waals surface area contributed by atoms with Gasteiger partial charge in [-0.1, -0.05) is 169 Å². The highest BCUT2D eigenvalue weighted by Gasteiger charge is 2.49. The predicted octanol–water partition coefficient (Wildman–Crippen LogP) is 13.4. The van der Waals surface area contributed by atoms with Gasteiger partial charge in [0.05, 0.1) is 16.4 Å². The number of hydrogen-bond donors (Lipinski definition) is 0. The van der Waals surface area contributed by atoms with Crippen molar-refractivity contribution in [2.75, 3.05) is 0 Å². The highest BCUT2D eigenvalue weighted by Crippen LogP contribution is 2.63. The molecule has 2 aliphatic heterocycles. The maximum absolute atomic E-state index is 2.46. The molecule has 3 heterocycles. The first-order valence-electron chi connectivity index (χ1n) is 17.8. The van der Waals surface area contributed by atoms with Crippen molar-refractivity contribution in [1.29, 1.82) is 0 Å². The molecule has 3 heteroatoms. The Balaban J connectivity index is 1.19. The van der Waals surface area contributed by atoms with Crippen molar-refractivity contribution in [3.8, 4) is 27.9 Å². The Hall–Kier alpha value is -5.74. The van der Waals surface area contributed by atoms with Crippen LogP contribution in [0.1, 0.15) is 22.3 Å². The zero-order chi connectivity index (χ0) is 34.2. The van der Waals surface area contributed by atoms with E-state index in [2.05, 4.69) is 193 Å². The van der Waals surface area contributed by atoms with Gasteiger partial charge in [0.1, 0.15) is 0 Å². The summed E-state index contributed by atoms with van der Waals surface area (Å²) in [4.78, 5) is 5.26. The molecular formula is C49H31NS2. The SMILES string of the molecule is c1ccc(-c2cccc3c2Sc2ccccc2C32c3ccccc3Sc3cc(-c4cccc5c4c4ccccc4n5-c4ccccc4)ccc32)cc1. The predicted molar refractivity (Wildman–Crippen MR) is 218 cm³/mol. The van der Waals surface area contributed by atoms with Crippen LogP contribution in [0.15, 0.2) is 208 Å². The van der Waals surface area contributed by atoms with Crippen LogP contribution in [-0.4, -0.2) is 4.57 Å². The highest BCUT2D eigenvalue weighted by molar-refractivity contribution is 8.00. The lowest BCUT2D eigenvalue weighted by Crippen LogP contribution is -2.36. The molecule has 8 aromatic carbocycles. The lowest BCUT2D eigenvalue weighted by Gasteiger charge is -2.46. The second kappa shape index (κ2) is 11.6. The van der Waals surface area contributed by atoms with Gasteiger partial charge in [-0.2, -0.15) is 0 Å². The number of nitrogens with zero attached hydrogens (tertiary/aromatic N) is 1. The second-order valence-corrected chi connectivity index (χ2v) is 15.7. The van der Waals surface area contributed by atoms with Gasteiger partial charge in [-0.25, -0.2) is 0 Å². The van der Waals surface area contributed by atoms with Crippen LogP contribution in [0.4, 0.5) is 0 Å². The zero-order valence-corrected chi connectivity index (χ0v) is 29.8. The van der Waals surface area contributed by atoms with Gasteiger partial charge in [0.15, 0.2) is 0 Å². The normalized spacial score (nSPS) is 15.6. The fourth-order valence-electron chi connectivity index (χ4n) is 8.82. The van der Waals surface area contributed by atoms with Crippen LogP contribution >= 0.6 is 23.5 Å². The van der Waals surface area contributed by atoms with E-state index in [0.29, 0.717) is 0 Å². The van der Waals surface area contributed by atoms with Crippen molar-refractivity contribution in [3.63, 3.8) is 0 Å². The first-order valence-corrected chi connectivity index (χ1v) is 19.4. The van der Waals surface area contributed by atoms with Crippen LogP contribution < -0.4 is 0 Å². The summed E-state index contributed by atoms with van der Waals surface area (Å²) < 4.78 is 2.41. The first kappa shape index (κ1) is 29.9. The van der Waals surface area contributed by atoms with E-state index in [-0.39, 0.29) is 0 Å². The molecule has 0 aliphatic carbocycles. The Labute approximate surface area is 311 Å². The second-order valence-electron chi connectivity index (χ2n) is 13.6. The molecule has 244 valence electrons. The van der Waals surface area contributed by atoms with Crippen molar-refractivity contribution >= 4 is 45.3 Å². The molecular weight excluding hydrogens is 667 g/mol. The molecule has 0 saturated heterocycles. The van der Waals surface area contributed by atoms with Gasteiger partial charge in [0.25, 0.3) is 0 Å². The summed E-state index contributed by atoms with van der Waals surface area (Å²) in [5.74, 6) is 0. The van der Waals surface area contributed by atoms with Gasteiger partial charge in [0, 0.05) is 36.0 Å². The summed E-state index contributed by atoms with van der Waals surface area (Å²) in [7, 11) is 0. The Bertz CT molecular complexity index is 2840. The third kappa shape index (κ3) is 4.21. The summed E-state index contributed by atoms with van der Waals surface area (Å²) >= 11 is 3.82. The average molecular weight is 698 g/mol. The van der Waals surface area contributed by atoms with E-state index in [0.717, 1.165) is 0 Å². The Morgan fingerprint density at radius 1 is 0.385 bits per heavy atom. The van der Waals surface area contributed by atoms with Crippen LogP contribution in [0.3, 0.4) is 0 Å². The summed E-state index contributed by atoms with van der Waals surface area (Å²) in [6.07, 6.45) is 0. The zero-order valence-electron chi connectivity index (χ0n) is 28.2. The van der Waals surface area contributed by atoms with E-state index in [1.807, 2.05) is 23.5 Å². The van der Waals surface area contributed by atoms with Gasteiger partial charge in [-0.15, -0.1) is 0 Å². The van der Waals surface area contributed by atoms with Gasteiger partial charge in [-0.05, 0) is 87.0 Å². The van der Waals surface area contributed by atoms with Crippen LogP contribution in [-0.2, 0) is 5.41 Å². The number of rotatable bonds is 3. The molecule has 0 radical (unpaired) electrons. The number of para-hydroxylation sites is 2. The van der Waals surface area contributed by atoms with E-state index in [4.69, 9.17) is 0 Å². The summed E-state index contributed by atoms with van der Waals surface area (Å²) in [6.45, 7) is 0. The number of aromatic nitrogens is 1. The molecule has 9 aromatic rings. The standard InChI is InChI=1S/C49H31NS2/c1-3-15-32(16-4-1)36-21-13-24-41-48(36)52-45-28-12-9-23-39(45)49(41)38-22-8-11-27-44(38)51-46-31-33(29-30-40(46)49)35-20-14-26-43-47(35)37-19-7-10-25-42(37)50(43)34-17-5-2-6-18-34/h1-31H. The summed E-state index contributed by atoms with van der Waals surface area (Å²) in [6, 6.07) is 69.6. The maximum Gasteiger partial charge on any atom is 0.0745 e.